The van der Waals surface area contributed by atoms with Gasteiger partial charge in [0, 0.05) is 29.4 Å². The number of amides is 2. The molecule has 2 amide bonds. The predicted octanol–water partition coefficient (Wildman–Crippen LogP) is 5.69. The Bertz CT molecular complexity index is 2180. The first-order valence-corrected chi connectivity index (χ1v) is 16.5. The van der Waals surface area contributed by atoms with E-state index in [4.69, 9.17) is 19.2 Å². The number of rotatable bonds is 8. The number of imidazole rings is 1. The van der Waals surface area contributed by atoms with E-state index in [0.717, 1.165) is 28.0 Å². The lowest BCUT2D eigenvalue weighted by atomic mass is 10.1. The number of hydrogen-bond donors (Lipinski definition) is 2. The predicted molar refractivity (Wildman–Crippen MR) is 186 cm³/mol. The molecule has 2 aromatic heterocycles. The molecule has 2 N–H and O–H groups in total. The summed E-state index contributed by atoms with van der Waals surface area (Å²) >= 11 is 0. The SMILES string of the molecule is CNC(=O)c1nnn([C@@H]2O[C@H](Cn3c(-c4ccc(NC(=O)c5ccccc5)cc4)nc4ccccc43)[C@H]3OC(C)(C)OC23)c1-c1ccccc1. The number of anilines is 1. The highest BCUT2D eigenvalue weighted by molar-refractivity contribution is 6.04. The van der Waals surface area contributed by atoms with Crippen LogP contribution in [0.15, 0.2) is 109 Å². The summed E-state index contributed by atoms with van der Waals surface area (Å²) in [5, 5.41) is 14.4. The summed E-state index contributed by atoms with van der Waals surface area (Å²) in [6.07, 6.45) is -2.22. The lowest BCUT2D eigenvalue weighted by Gasteiger charge is -2.25. The van der Waals surface area contributed by atoms with Crippen molar-refractivity contribution in [2.45, 2.75) is 50.7 Å². The van der Waals surface area contributed by atoms with E-state index in [2.05, 4.69) is 25.5 Å². The first kappa shape index (κ1) is 31.6. The Kier molecular flexibility index (Phi) is 7.98. The van der Waals surface area contributed by atoms with Crippen LogP contribution in [0.2, 0.25) is 0 Å². The van der Waals surface area contributed by atoms with Gasteiger partial charge in [0.05, 0.1) is 17.6 Å². The molecule has 0 bridgehead atoms. The number of fused-ring (bicyclic) bond motifs is 2. The third kappa shape index (κ3) is 5.72. The number of hydrogen-bond acceptors (Lipinski definition) is 8. The molecule has 252 valence electrons. The van der Waals surface area contributed by atoms with Crippen LogP contribution in [0.25, 0.3) is 33.7 Å². The number of carbonyl (C=O) groups excluding carboxylic acids is 2. The molecule has 0 saturated carbocycles. The van der Waals surface area contributed by atoms with Crippen molar-refractivity contribution in [3.8, 4) is 22.6 Å². The second-order valence-electron chi connectivity index (χ2n) is 12.7. The zero-order valence-corrected chi connectivity index (χ0v) is 27.7. The summed E-state index contributed by atoms with van der Waals surface area (Å²) in [5.41, 5.74) is 5.36. The molecular formula is C38H35N7O5. The van der Waals surface area contributed by atoms with Crippen molar-refractivity contribution in [2.24, 2.45) is 0 Å². The highest BCUT2D eigenvalue weighted by Gasteiger charge is 2.57. The molecule has 4 atom stereocenters. The monoisotopic (exact) mass is 669 g/mol. The molecular weight excluding hydrogens is 634 g/mol. The Morgan fingerprint density at radius 3 is 2.22 bits per heavy atom. The highest BCUT2D eigenvalue weighted by atomic mass is 16.8. The zero-order chi connectivity index (χ0) is 34.4. The van der Waals surface area contributed by atoms with Crippen molar-refractivity contribution in [1.82, 2.24) is 29.9 Å². The second kappa shape index (κ2) is 12.6. The average Bonchev–Trinajstić information content (AvgIpc) is 3.90. The first-order valence-electron chi connectivity index (χ1n) is 16.5. The van der Waals surface area contributed by atoms with Crippen molar-refractivity contribution in [3.63, 3.8) is 0 Å². The van der Waals surface area contributed by atoms with Crippen LogP contribution in [-0.4, -0.2) is 67.5 Å². The fourth-order valence-electron chi connectivity index (χ4n) is 6.77. The minimum Gasteiger partial charge on any atom is -0.354 e. The molecule has 0 aliphatic carbocycles. The highest BCUT2D eigenvalue weighted by Crippen LogP contribution is 2.45. The summed E-state index contributed by atoms with van der Waals surface area (Å²) in [6.45, 7) is 4.15. The van der Waals surface area contributed by atoms with Crippen LogP contribution >= 0.6 is 0 Å². The van der Waals surface area contributed by atoms with Gasteiger partial charge in [-0.3, -0.25) is 9.59 Å². The number of para-hydroxylation sites is 2. The van der Waals surface area contributed by atoms with Gasteiger partial charge in [-0.15, -0.1) is 5.10 Å². The van der Waals surface area contributed by atoms with Crippen molar-refractivity contribution >= 4 is 28.5 Å². The van der Waals surface area contributed by atoms with Gasteiger partial charge in [-0.2, -0.15) is 0 Å². The molecule has 50 heavy (non-hydrogen) atoms. The number of nitrogens with zero attached hydrogens (tertiary/aromatic N) is 5. The molecule has 4 aromatic carbocycles. The molecule has 6 aromatic rings. The first-order chi connectivity index (χ1) is 24.3. The van der Waals surface area contributed by atoms with E-state index in [9.17, 15) is 9.59 Å². The third-order valence-electron chi connectivity index (χ3n) is 9.00. The summed E-state index contributed by atoms with van der Waals surface area (Å²) in [6, 6.07) is 34.2. The summed E-state index contributed by atoms with van der Waals surface area (Å²) < 4.78 is 23.5. The van der Waals surface area contributed by atoms with Gasteiger partial charge < -0.3 is 29.4 Å². The lowest BCUT2D eigenvalue weighted by Crippen LogP contribution is -2.33. The van der Waals surface area contributed by atoms with Gasteiger partial charge in [0.25, 0.3) is 11.8 Å². The van der Waals surface area contributed by atoms with Gasteiger partial charge >= 0.3 is 0 Å². The van der Waals surface area contributed by atoms with E-state index >= 15 is 0 Å². The Morgan fingerprint density at radius 1 is 0.800 bits per heavy atom. The van der Waals surface area contributed by atoms with Gasteiger partial charge in [0.2, 0.25) is 0 Å². The summed E-state index contributed by atoms with van der Waals surface area (Å²) in [7, 11) is 1.56. The third-order valence-corrected chi connectivity index (χ3v) is 9.00. The van der Waals surface area contributed by atoms with Crippen molar-refractivity contribution in [1.29, 1.82) is 0 Å². The van der Waals surface area contributed by atoms with E-state index in [1.807, 2.05) is 111 Å². The van der Waals surface area contributed by atoms with Crippen molar-refractivity contribution < 1.29 is 23.8 Å². The molecule has 2 fully saturated rings. The molecule has 12 heteroatoms. The normalized spacial score (nSPS) is 20.9. The van der Waals surface area contributed by atoms with E-state index in [-0.39, 0.29) is 17.5 Å². The molecule has 12 nitrogen and oxygen atoms in total. The maximum absolute atomic E-state index is 12.9. The fourth-order valence-corrected chi connectivity index (χ4v) is 6.77. The molecule has 2 saturated heterocycles. The van der Waals surface area contributed by atoms with Crippen molar-refractivity contribution in [3.05, 3.63) is 120 Å². The van der Waals surface area contributed by atoms with Crippen LogP contribution in [0, 0.1) is 0 Å². The van der Waals surface area contributed by atoms with E-state index < -0.39 is 30.3 Å². The van der Waals surface area contributed by atoms with E-state index in [1.54, 1.807) is 23.9 Å². The van der Waals surface area contributed by atoms with Gasteiger partial charge in [-0.25, -0.2) is 9.67 Å². The minimum atomic E-state index is -0.882. The Morgan fingerprint density at radius 2 is 1.48 bits per heavy atom. The van der Waals surface area contributed by atoms with Gasteiger partial charge in [-0.1, -0.05) is 65.9 Å². The number of benzene rings is 4. The Labute approximate surface area is 288 Å². The van der Waals surface area contributed by atoms with Crippen LogP contribution in [0.5, 0.6) is 0 Å². The quantitative estimate of drug-likeness (QED) is 0.211. The Balaban J connectivity index is 1.14. The Hall–Kier alpha value is -5.69. The molecule has 1 unspecified atom stereocenters. The molecule has 2 aliphatic rings. The van der Waals surface area contributed by atoms with Gasteiger partial charge in [0.15, 0.2) is 17.7 Å². The summed E-state index contributed by atoms with van der Waals surface area (Å²) in [4.78, 5) is 30.7. The largest absolute Gasteiger partial charge is 0.354 e. The molecule has 0 spiro atoms. The fraction of sp³-hybridized carbons (Fsp3) is 0.237. The number of aromatic nitrogens is 5. The average molecular weight is 670 g/mol. The zero-order valence-electron chi connectivity index (χ0n) is 27.7. The molecule has 4 heterocycles. The van der Waals surface area contributed by atoms with Crippen molar-refractivity contribution in [2.75, 3.05) is 12.4 Å². The molecule has 2 aliphatic heterocycles. The van der Waals surface area contributed by atoms with Gasteiger partial charge in [0.1, 0.15) is 29.8 Å². The second-order valence-corrected chi connectivity index (χ2v) is 12.7. The maximum atomic E-state index is 12.9. The van der Waals surface area contributed by atoms with Crippen LogP contribution in [0.4, 0.5) is 5.69 Å². The number of ether oxygens (including phenoxy) is 3. The van der Waals surface area contributed by atoms with E-state index in [1.165, 1.54) is 0 Å². The van der Waals surface area contributed by atoms with Crippen LogP contribution in [0.3, 0.4) is 0 Å². The van der Waals surface area contributed by atoms with Crippen LogP contribution in [-0.2, 0) is 20.8 Å². The van der Waals surface area contributed by atoms with Crippen LogP contribution < -0.4 is 10.6 Å². The van der Waals surface area contributed by atoms with Crippen LogP contribution in [0.1, 0.15) is 40.9 Å². The smallest absolute Gasteiger partial charge is 0.273 e. The standard InChI is InChI=1S/C38H35N7O5/c1-38(2)49-32-29(48-37(33(32)50-38)45-31(23-12-6-4-7-13-23)30(42-43-45)36(47)39-3)22-44-28-17-11-10-16-27(28)41-34(44)24-18-20-26(21-19-24)40-35(46)25-14-8-5-9-15-25/h4-21,29,32-33,37H,22H2,1-3H3,(H,39,47)(H,40,46)/t29-,32-,33?,37-/m1/s1. The molecule has 0 radical (unpaired) electrons. The van der Waals surface area contributed by atoms with E-state index in [0.29, 0.717) is 23.5 Å². The molecule has 8 rings (SSSR count). The summed E-state index contributed by atoms with van der Waals surface area (Å²) in [5.74, 6) is -0.682. The minimum absolute atomic E-state index is 0.181. The van der Waals surface area contributed by atoms with Gasteiger partial charge in [-0.05, 0) is 62.4 Å². The lowest BCUT2D eigenvalue weighted by molar-refractivity contribution is -0.199. The number of nitrogens with one attached hydrogen (secondary N) is 2. The topological polar surface area (TPSA) is 134 Å². The maximum Gasteiger partial charge on any atom is 0.273 e. The number of carbonyl (C=O) groups is 2.